The first-order valence-corrected chi connectivity index (χ1v) is 26.4. The van der Waals surface area contributed by atoms with E-state index in [1.165, 1.54) is 23.1 Å². The van der Waals surface area contributed by atoms with Crippen LogP contribution < -0.4 is 26.6 Å². The van der Waals surface area contributed by atoms with Gasteiger partial charge in [-0.3, -0.25) is 24.0 Å². The number of likely N-dealkylation sites (N-methyl/N-ethyl adjacent to an activating group) is 1. The Morgan fingerprint density at radius 2 is 1.54 bits per heavy atom. The van der Waals surface area contributed by atoms with Crippen molar-refractivity contribution >= 4 is 46.6 Å². The van der Waals surface area contributed by atoms with Crippen LogP contribution in [0.2, 0.25) is 0 Å². The minimum absolute atomic E-state index is 0.0140. The van der Waals surface area contributed by atoms with Gasteiger partial charge in [-0.1, -0.05) is 93.7 Å². The van der Waals surface area contributed by atoms with Crippen LogP contribution in [0.15, 0.2) is 82.7 Å². The second-order valence-electron chi connectivity index (χ2n) is 20.6. The summed E-state index contributed by atoms with van der Waals surface area (Å²) in [5.41, 5.74) is 0.335. The molecular formula is C54H65F5N10O6S. The zero-order valence-electron chi connectivity index (χ0n) is 43.2. The van der Waals surface area contributed by atoms with E-state index >= 15 is 0 Å². The fourth-order valence-electron chi connectivity index (χ4n) is 9.46. The number of aromatic nitrogens is 3. The monoisotopic (exact) mass is 1080 g/mol. The molecule has 0 saturated carbocycles. The average Bonchev–Trinajstić information content (AvgIpc) is 4.20. The summed E-state index contributed by atoms with van der Waals surface area (Å²) in [5, 5.41) is 20.4. The fourth-order valence-corrected chi connectivity index (χ4v) is 10.5. The third-order valence-electron chi connectivity index (χ3n) is 14.0. The highest BCUT2D eigenvalue weighted by Gasteiger charge is 2.46. The third-order valence-corrected chi connectivity index (χ3v) is 15.1. The lowest BCUT2D eigenvalue weighted by molar-refractivity contribution is -0.159. The predicted molar refractivity (Wildman–Crippen MR) is 277 cm³/mol. The van der Waals surface area contributed by atoms with Gasteiger partial charge in [0.05, 0.1) is 11.7 Å². The van der Waals surface area contributed by atoms with Crippen LogP contribution in [-0.4, -0.2) is 118 Å². The van der Waals surface area contributed by atoms with Crippen LogP contribution in [0.1, 0.15) is 107 Å². The molecule has 16 nitrogen and oxygen atoms in total. The van der Waals surface area contributed by atoms with Gasteiger partial charge in [-0.15, -0.1) is 11.3 Å². The molecule has 0 bridgehead atoms. The van der Waals surface area contributed by atoms with Crippen LogP contribution in [-0.2, 0) is 30.8 Å². The number of nitrogens with one attached hydrogen (secondary N) is 5. The Balaban J connectivity index is 0.895. The molecule has 5 amide bonds. The lowest BCUT2D eigenvalue weighted by Gasteiger charge is -2.40. The number of hydrogen-bond donors (Lipinski definition) is 5. The van der Waals surface area contributed by atoms with Crippen LogP contribution in [0.3, 0.4) is 0 Å². The summed E-state index contributed by atoms with van der Waals surface area (Å²) >= 11 is 1.55. The van der Waals surface area contributed by atoms with E-state index < -0.39 is 88.0 Å². The van der Waals surface area contributed by atoms with Crippen LogP contribution in [0.25, 0.3) is 22.6 Å². The number of piperidine rings is 1. The van der Waals surface area contributed by atoms with E-state index in [1.807, 2.05) is 35.7 Å². The standard InChI is InChI=1S/C54H65F5N10O6S/c1-33(60-5)46(71)65-44(52(2,3)4)49(74)69-30-37(29-41(69)48(73)64-43-38(55)20-15-21-39(43)56)62-42(70)22-12-7-6-8-13-25-68-26-23-53(24-27-68,51-63-40(31-76-51)34-16-10-9-11-17-34)32-61-47(72)36-19-14-18-35(28-36)45-66-50(75-67-45)54(57,58)59/h9-11,14-21,28,31,33,37,41,44,60H,6-8,12-13,22-27,29-30,32H2,1-5H3,(H,61,72)(H,62,70)(H,64,73)(H,65,71)/t33-,37+,41+,44+/m1/s1. The van der Waals surface area contributed by atoms with Crippen molar-refractivity contribution in [3.8, 4) is 22.6 Å². The molecule has 4 heterocycles. The van der Waals surface area contributed by atoms with Gasteiger partial charge in [0, 0.05) is 53.0 Å². The molecule has 2 saturated heterocycles. The maximum atomic E-state index is 14.6. The number of hydrogen-bond acceptors (Lipinski definition) is 12. The zero-order chi connectivity index (χ0) is 54.8. The molecule has 0 spiro atoms. The fraction of sp³-hybridized carbons (Fsp3) is 0.481. The number of carbonyl (C=O) groups excluding carboxylic acids is 5. The molecule has 2 aliphatic heterocycles. The second-order valence-corrected chi connectivity index (χ2v) is 21.5. The van der Waals surface area contributed by atoms with Gasteiger partial charge in [-0.2, -0.15) is 18.2 Å². The largest absolute Gasteiger partial charge is 0.471 e. The molecule has 5 aromatic rings. The number of unbranched alkanes of at least 4 members (excludes halogenated alkanes) is 4. The quantitative estimate of drug-likeness (QED) is 0.0351. The Labute approximate surface area is 442 Å². The molecule has 76 heavy (non-hydrogen) atoms. The highest BCUT2D eigenvalue weighted by Crippen LogP contribution is 2.39. The summed E-state index contributed by atoms with van der Waals surface area (Å²) in [6.07, 6.45) is 1.000. The number of carbonyl (C=O) groups is 5. The van der Waals surface area contributed by atoms with Gasteiger partial charge in [0.25, 0.3) is 5.91 Å². The number of likely N-dealkylation sites (tertiary alicyclic amines) is 2. The van der Waals surface area contributed by atoms with Crippen molar-refractivity contribution in [3.63, 3.8) is 0 Å². The summed E-state index contributed by atoms with van der Waals surface area (Å²) in [7, 11) is 1.61. The molecule has 2 aliphatic rings. The Bertz CT molecular complexity index is 2790. The van der Waals surface area contributed by atoms with E-state index in [1.54, 1.807) is 58.2 Å². The molecule has 22 heteroatoms. The Morgan fingerprint density at radius 3 is 2.21 bits per heavy atom. The van der Waals surface area contributed by atoms with Gasteiger partial charge >= 0.3 is 12.1 Å². The number of para-hydroxylation sites is 1. The van der Waals surface area contributed by atoms with Crippen molar-refractivity contribution in [1.82, 2.24) is 46.2 Å². The first-order valence-electron chi connectivity index (χ1n) is 25.5. The lowest BCUT2D eigenvalue weighted by Crippen LogP contribution is -2.59. The first kappa shape index (κ1) is 57.1. The summed E-state index contributed by atoms with van der Waals surface area (Å²) in [4.78, 5) is 80.1. The Morgan fingerprint density at radius 1 is 0.868 bits per heavy atom. The highest BCUT2D eigenvalue weighted by atomic mass is 32.1. The number of alkyl halides is 3. The summed E-state index contributed by atoms with van der Waals surface area (Å²) in [6, 6.07) is 15.5. The minimum Gasteiger partial charge on any atom is -0.351 e. The molecule has 4 atom stereocenters. The van der Waals surface area contributed by atoms with E-state index in [-0.39, 0.29) is 48.8 Å². The maximum Gasteiger partial charge on any atom is 0.471 e. The molecule has 0 radical (unpaired) electrons. The molecule has 2 aromatic heterocycles. The average molecular weight is 1080 g/mol. The molecule has 0 aliphatic carbocycles. The zero-order valence-corrected chi connectivity index (χ0v) is 44.0. The summed E-state index contributed by atoms with van der Waals surface area (Å²) in [5.74, 6) is -6.22. The minimum atomic E-state index is -4.80. The summed E-state index contributed by atoms with van der Waals surface area (Å²) < 4.78 is 73.1. The SMILES string of the molecule is CN[C@H](C)C(=O)N[C@@H](C(=O)N1C[C@@H](NC(=O)CCCCCCCN2CCC(CNC(=O)c3cccc(-c4noc(C(F)(F)F)n4)c3)(c3nc(-c4ccccc4)cs3)CC2)C[C@H]1C(=O)Nc1c(F)cccc1F)C(C)(C)C. The number of benzene rings is 3. The van der Waals surface area contributed by atoms with E-state index in [2.05, 4.69) is 46.1 Å². The first-order chi connectivity index (χ1) is 36.1. The van der Waals surface area contributed by atoms with Gasteiger partial charge in [0.15, 0.2) is 0 Å². The van der Waals surface area contributed by atoms with E-state index in [0.29, 0.717) is 6.42 Å². The lowest BCUT2D eigenvalue weighted by atomic mass is 9.78. The Kier molecular flexibility index (Phi) is 18.8. The van der Waals surface area contributed by atoms with Crippen LogP contribution >= 0.6 is 11.3 Å². The van der Waals surface area contributed by atoms with Crippen LogP contribution in [0, 0.1) is 17.0 Å². The van der Waals surface area contributed by atoms with E-state index in [0.717, 1.165) is 86.6 Å². The van der Waals surface area contributed by atoms with E-state index in [4.69, 9.17) is 4.98 Å². The number of thiazole rings is 1. The topological polar surface area (TPSA) is 204 Å². The van der Waals surface area contributed by atoms with Gasteiger partial charge in [-0.25, -0.2) is 13.8 Å². The molecule has 2 fully saturated rings. The van der Waals surface area contributed by atoms with Gasteiger partial charge in [0.2, 0.25) is 29.5 Å². The van der Waals surface area contributed by atoms with Crippen molar-refractivity contribution < 1.29 is 50.4 Å². The Hall–Kier alpha value is -6.65. The van der Waals surface area contributed by atoms with E-state index in [9.17, 15) is 45.9 Å². The van der Waals surface area contributed by atoms with Gasteiger partial charge in [0.1, 0.15) is 34.4 Å². The third kappa shape index (κ3) is 14.4. The molecule has 408 valence electrons. The van der Waals surface area contributed by atoms with Crippen molar-refractivity contribution in [2.24, 2.45) is 5.41 Å². The number of amides is 5. The van der Waals surface area contributed by atoms with Gasteiger partial charge in [-0.05, 0) is 95.4 Å². The number of halogens is 5. The maximum absolute atomic E-state index is 14.6. The molecule has 3 aromatic carbocycles. The van der Waals surface area contributed by atoms with Crippen molar-refractivity contribution in [1.29, 1.82) is 0 Å². The highest BCUT2D eigenvalue weighted by molar-refractivity contribution is 7.10. The molecular weight excluding hydrogens is 1010 g/mol. The van der Waals surface area contributed by atoms with Crippen molar-refractivity contribution in [2.45, 2.75) is 121 Å². The normalized spacial score (nSPS) is 17.7. The van der Waals surface area contributed by atoms with Gasteiger partial charge < -0.3 is 40.9 Å². The predicted octanol–water partition coefficient (Wildman–Crippen LogP) is 8.12. The second kappa shape index (κ2) is 25.0. The number of nitrogens with zero attached hydrogens (tertiary/aromatic N) is 5. The summed E-state index contributed by atoms with van der Waals surface area (Å²) in [6.45, 7) is 9.57. The van der Waals surface area contributed by atoms with Crippen molar-refractivity contribution in [3.05, 3.63) is 106 Å². The molecule has 5 N–H and O–H groups in total. The number of anilines is 1. The molecule has 7 rings (SSSR count). The molecule has 0 unspecified atom stereocenters. The van der Waals surface area contributed by atoms with Crippen LogP contribution in [0.4, 0.5) is 27.6 Å². The number of rotatable bonds is 21. The van der Waals surface area contributed by atoms with Crippen LogP contribution in [0.5, 0.6) is 0 Å². The van der Waals surface area contributed by atoms with Crippen molar-refractivity contribution in [2.75, 3.05) is 45.1 Å². The smallest absolute Gasteiger partial charge is 0.351 e.